The van der Waals surface area contributed by atoms with Gasteiger partial charge in [-0.25, -0.2) is 4.68 Å². The highest BCUT2D eigenvalue weighted by atomic mass is 19.4. The Bertz CT molecular complexity index is 1300. The van der Waals surface area contributed by atoms with Gasteiger partial charge in [0.15, 0.2) is 17.3 Å². The van der Waals surface area contributed by atoms with Crippen LogP contribution in [0.25, 0.3) is 10.8 Å². The van der Waals surface area contributed by atoms with Crippen molar-refractivity contribution in [3.05, 3.63) is 61.9 Å². The second-order valence-corrected chi connectivity index (χ2v) is 7.93. The highest BCUT2D eigenvalue weighted by molar-refractivity contribution is 5.93. The number of aromatic nitrogens is 2. The van der Waals surface area contributed by atoms with Gasteiger partial charge in [-0.1, -0.05) is 0 Å². The SMILES string of the molecule is COc1cc2c(=O)n(C)nc(NC(C)c3cc([N+](=O)[O-])cc(C(F)(F)F)c3)c2cc1OC(C)C. The van der Waals surface area contributed by atoms with E-state index in [4.69, 9.17) is 9.47 Å². The minimum atomic E-state index is -4.76. The van der Waals surface area contributed by atoms with Gasteiger partial charge in [0, 0.05) is 24.6 Å². The van der Waals surface area contributed by atoms with E-state index in [9.17, 15) is 28.1 Å². The average Bonchev–Trinajstić information content (AvgIpc) is 2.75. The number of nitro benzene ring substituents is 1. The quantitative estimate of drug-likeness (QED) is 0.381. The molecule has 0 aliphatic carbocycles. The number of nitrogens with one attached hydrogen (secondary N) is 1. The molecule has 0 radical (unpaired) electrons. The van der Waals surface area contributed by atoms with Gasteiger partial charge in [0.25, 0.3) is 11.2 Å². The number of nitro groups is 1. The van der Waals surface area contributed by atoms with Crippen LogP contribution in [-0.4, -0.2) is 27.9 Å². The molecule has 0 bridgehead atoms. The first kappa shape index (κ1) is 24.8. The van der Waals surface area contributed by atoms with Gasteiger partial charge in [0.1, 0.15) is 0 Å². The fourth-order valence-electron chi connectivity index (χ4n) is 3.41. The third-order valence-electron chi connectivity index (χ3n) is 5.03. The van der Waals surface area contributed by atoms with Crippen LogP contribution in [0.15, 0.2) is 35.1 Å². The number of aryl methyl sites for hydroxylation is 1. The fourth-order valence-corrected chi connectivity index (χ4v) is 3.41. The molecule has 0 saturated carbocycles. The molecular formula is C22H23F3N4O5. The van der Waals surface area contributed by atoms with Crippen LogP contribution in [0.3, 0.4) is 0 Å². The first-order valence-electron chi connectivity index (χ1n) is 10.2. The number of rotatable bonds is 7. The van der Waals surface area contributed by atoms with Crippen molar-refractivity contribution in [1.29, 1.82) is 0 Å². The zero-order valence-corrected chi connectivity index (χ0v) is 19.1. The van der Waals surface area contributed by atoms with E-state index in [1.54, 1.807) is 6.07 Å². The lowest BCUT2D eigenvalue weighted by molar-refractivity contribution is -0.385. The molecular weight excluding hydrogens is 457 g/mol. The van der Waals surface area contributed by atoms with Crippen molar-refractivity contribution in [3.63, 3.8) is 0 Å². The molecule has 0 fully saturated rings. The maximum atomic E-state index is 13.3. The van der Waals surface area contributed by atoms with Gasteiger partial charge in [-0.05, 0) is 44.5 Å². The van der Waals surface area contributed by atoms with Crippen LogP contribution in [0.4, 0.5) is 24.7 Å². The Hall–Kier alpha value is -3.83. The van der Waals surface area contributed by atoms with Gasteiger partial charge < -0.3 is 14.8 Å². The zero-order valence-electron chi connectivity index (χ0n) is 19.1. The van der Waals surface area contributed by atoms with Crippen LogP contribution >= 0.6 is 0 Å². The molecule has 0 aliphatic heterocycles. The van der Waals surface area contributed by atoms with Gasteiger partial charge in [-0.3, -0.25) is 14.9 Å². The van der Waals surface area contributed by atoms with Gasteiger partial charge in [-0.15, -0.1) is 0 Å². The lowest BCUT2D eigenvalue weighted by Gasteiger charge is -2.20. The summed E-state index contributed by atoms with van der Waals surface area (Å²) in [7, 11) is 2.86. The first-order valence-corrected chi connectivity index (χ1v) is 10.2. The fraction of sp³-hybridized carbons (Fsp3) is 0.364. The molecule has 0 saturated heterocycles. The molecule has 0 aliphatic rings. The second-order valence-electron chi connectivity index (χ2n) is 7.93. The maximum absolute atomic E-state index is 13.3. The first-order chi connectivity index (χ1) is 15.8. The molecule has 34 heavy (non-hydrogen) atoms. The Balaban J connectivity index is 2.14. The minimum absolute atomic E-state index is 0.0255. The summed E-state index contributed by atoms with van der Waals surface area (Å²) in [6.07, 6.45) is -4.96. The number of anilines is 1. The molecule has 182 valence electrons. The number of hydrogen-bond donors (Lipinski definition) is 1. The summed E-state index contributed by atoms with van der Waals surface area (Å²) < 4.78 is 52.1. The Morgan fingerprint density at radius 2 is 1.74 bits per heavy atom. The molecule has 1 heterocycles. The van der Waals surface area contributed by atoms with Gasteiger partial charge in [0.2, 0.25) is 0 Å². The van der Waals surface area contributed by atoms with E-state index in [0.29, 0.717) is 23.0 Å². The highest BCUT2D eigenvalue weighted by Crippen LogP contribution is 2.37. The van der Waals surface area contributed by atoms with E-state index in [0.717, 1.165) is 16.8 Å². The summed E-state index contributed by atoms with van der Waals surface area (Å²) in [5.41, 5.74) is -2.22. The van der Waals surface area contributed by atoms with Gasteiger partial charge in [0.05, 0.1) is 35.1 Å². The van der Waals surface area contributed by atoms with Crippen molar-refractivity contribution in [3.8, 4) is 11.5 Å². The number of methoxy groups -OCH3 is 1. The number of fused-ring (bicyclic) bond motifs is 1. The number of ether oxygens (including phenoxy) is 2. The largest absolute Gasteiger partial charge is 0.493 e. The number of hydrogen-bond acceptors (Lipinski definition) is 7. The molecule has 1 aromatic heterocycles. The Morgan fingerprint density at radius 1 is 1.09 bits per heavy atom. The van der Waals surface area contributed by atoms with Crippen LogP contribution < -0.4 is 20.3 Å². The predicted molar refractivity (Wildman–Crippen MR) is 119 cm³/mol. The van der Waals surface area contributed by atoms with E-state index in [1.165, 1.54) is 27.1 Å². The molecule has 2 aromatic carbocycles. The average molecular weight is 480 g/mol. The summed E-state index contributed by atoms with van der Waals surface area (Å²) in [5.74, 6) is 0.864. The van der Waals surface area contributed by atoms with Crippen molar-refractivity contribution >= 4 is 22.3 Å². The minimum Gasteiger partial charge on any atom is -0.493 e. The molecule has 3 aromatic rings. The predicted octanol–water partition coefficient (Wildman–Crippen LogP) is 4.83. The molecule has 9 nitrogen and oxygen atoms in total. The van der Waals surface area contributed by atoms with Crippen molar-refractivity contribution in [1.82, 2.24) is 9.78 Å². The van der Waals surface area contributed by atoms with Gasteiger partial charge >= 0.3 is 6.18 Å². The third kappa shape index (κ3) is 5.05. The molecule has 0 spiro atoms. The normalized spacial score (nSPS) is 12.6. The summed E-state index contributed by atoms with van der Waals surface area (Å²) in [4.78, 5) is 23.0. The van der Waals surface area contributed by atoms with Crippen LogP contribution in [0.5, 0.6) is 11.5 Å². The van der Waals surface area contributed by atoms with Crippen LogP contribution in [0, 0.1) is 10.1 Å². The summed E-state index contributed by atoms with van der Waals surface area (Å²) in [6, 6.07) is 4.62. The number of halogens is 3. The van der Waals surface area contributed by atoms with Crippen molar-refractivity contribution in [2.75, 3.05) is 12.4 Å². The second kappa shape index (κ2) is 9.20. The van der Waals surface area contributed by atoms with Crippen LogP contribution in [0.1, 0.15) is 37.9 Å². The monoisotopic (exact) mass is 480 g/mol. The van der Waals surface area contributed by atoms with Crippen LogP contribution in [-0.2, 0) is 13.2 Å². The summed E-state index contributed by atoms with van der Waals surface area (Å²) in [6.45, 7) is 5.16. The molecule has 1 atom stereocenters. The Kier molecular flexibility index (Phi) is 6.71. The molecule has 3 rings (SSSR count). The number of benzene rings is 2. The van der Waals surface area contributed by atoms with Crippen molar-refractivity contribution < 1.29 is 27.6 Å². The number of nitrogens with zero attached hydrogens (tertiary/aromatic N) is 3. The van der Waals surface area contributed by atoms with E-state index in [-0.39, 0.29) is 22.9 Å². The Morgan fingerprint density at radius 3 is 2.29 bits per heavy atom. The number of alkyl halides is 3. The lowest BCUT2D eigenvalue weighted by atomic mass is 10.0. The maximum Gasteiger partial charge on any atom is 0.416 e. The highest BCUT2D eigenvalue weighted by Gasteiger charge is 2.33. The van der Waals surface area contributed by atoms with Gasteiger partial charge in [-0.2, -0.15) is 18.3 Å². The van der Waals surface area contributed by atoms with E-state index >= 15 is 0 Å². The van der Waals surface area contributed by atoms with E-state index in [2.05, 4.69) is 10.4 Å². The van der Waals surface area contributed by atoms with E-state index in [1.807, 2.05) is 13.8 Å². The van der Waals surface area contributed by atoms with E-state index < -0.39 is 34.0 Å². The Labute approximate surface area is 192 Å². The lowest BCUT2D eigenvalue weighted by Crippen LogP contribution is -2.22. The topological polar surface area (TPSA) is 109 Å². The smallest absolute Gasteiger partial charge is 0.416 e. The van der Waals surface area contributed by atoms with Crippen molar-refractivity contribution in [2.24, 2.45) is 7.05 Å². The summed E-state index contributed by atoms with van der Waals surface area (Å²) in [5, 5.41) is 19.0. The standard InChI is InChI=1S/C22H23F3N4O5/c1-11(2)34-19-9-16-17(10-18(19)33-5)21(30)28(4)27-20(16)26-12(3)13-6-14(22(23,24)25)8-15(7-13)29(31)32/h6-12H,1-5H3,(H,26,27). The van der Waals surface area contributed by atoms with Crippen LogP contribution in [0.2, 0.25) is 0 Å². The third-order valence-corrected chi connectivity index (χ3v) is 5.03. The number of non-ortho nitro benzene ring substituents is 1. The molecule has 0 amide bonds. The molecule has 1 unspecified atom stereocenters. The zero-order chi connectivity index (χ0) is 25.4. The van der Waals surface area contributed by atoms with Crippen molar-refractivity contribution in [2.45, 2.75) is 39.1 Å². The molecule has 12 heteroatoms. The summed E-state index contributed by atoms with van der Waals surface area (Å²) >= 11 is 0. The molecule has 1 N–H and O–H groups in total.